The van der Waals surface area contributed by atoms with E-state index in [2.05, 4.69) is 10.8 Å². The van der Waals surface area contributed by atoms with Crippen LogP contribution in [-0.4, -0.2) is 16.8 Å². The minimum absolute atomic E-state index is 0.296. The van der Waals surface area contributed by atoms with Crippen LogP contribution in [0.5, 0.6) is 0 Å². The zero-order valence-electron chi connectivity index (χ0n) is 6.97. The van der Waals surface area contributed by atoms with Crippen molar-refractivity contribution >= 4 is 11.8 Å². The van der Waals surface area contributed by atoms with Gasteiger partial charge < -0.3 is 5.53 Å². The van der Waals surface area contributed by atoms with E-state index in [-0.39, 0.29) is 0 Å². The molecule has 0 spiro atoms. The molecule has 2 rings (SSSR count). The summed E-state index contributed by atoms with van der Waals surface area (Å²) in [6, 6.07) is 6.39. The largest absolute Gasteiger partial charge is 0.397 e. The van der Waals surface area contributed by atoms with E-state index in [1.807, 2.05) is 0 Å². The first kappa shape index (κ1) is 8.36. The highest BCUT2D eigenvalue weighted by Gasteiger charge is 2.32. The summed E-state index contributed by atoms with van der Waals surface area (Å²) in [6.45, 7) is 0. The van der Waals surface area contributed by atoms with Gasteiger partial charge >= 0.3 is 0 Å². The summed E-state index contributed by atoms with van der Waals surface area (Å²) in [5.41, 5.74) is 10.2. The van der Waals surface area contributed by atoms with Gasteiger partial charge in [-0.2, -0.15) is 0 Å². The van der Waals surface area contributed by atoms with Gasteiger partial charge in [0, 0.05) is 0 Å². The van der Waals surface area contributed by atoms with E-state index in [1.165, 1.54) is 12.1 Å². The van der Waals surface area contributed by atoms with Crippen molar-refractivity contribution in [1.82, 2.24) is 5.01 Å². The molecule has 1 aliphatic rings. The number of hydrogen-bond acceptors (Lipinski definition) is 4. The van der Waals surface area contributed by atoms with Gasteiger partial charge in [-0.15, -0.1) is 0 Å². The lowest BCUT2D eigenvalue weighted by molar-refractivity contribution is 0.0700. The van der Waals surface area contributed by atoms with Crippen molar-refractivity contribution < 1.29 is 9.59 Å². The molecule has 0 radical (unpaired) electrons. The van der Waals surface area contributed by atoms with E-state index in [4.69, 9.17) is 5.53 Å². The fraction of sp³-hybridized carbons (Fsp3) is 0. The first-order chi connectivity index (χ1) is 6.75. The number of hydrogen-bond donors (Lipinski definition) is 1. The maximum Gasteiger partial charge on any atom is 0.265 e. The van der Waals surface area contributed by atoms with Crippen LogP contribution in [0, 0.1) is 5.53 Å². The summed E-state index contributed by atoms with van der Waals surface area (Å²) < 4.78 is 0. The van der Waals surface area contributed by atoms with Gasteiger partial charge in [-0.3, -0.25) is 20.3 Å². The van der Waals surface area contributed by atoms with E-state index in [1.54, 1.807) is 12.1 Å². The Morgan fingerprint density at radius 2 is 1.64 bits per heavy atom. The first-order valence-corrected chi connectivity index (χ1v) is 3.81. The maximum atomic E-state index is 11.5. The number of carbonyl (C=O) groups excluding carboxylic acids is 2. The van der Waals surface area contributed by atoms with Crippen molar-refractivity contribution in [3.8, 4) is 0 Å². The van der Waals surface area contributed by atoms with Gasteiger partial charge in [0.25, 0.3) is 11.8 Å². The van der Waals surface area contributed by atoms with E-state index in [9.17, 15) is 9.59 Å². The topological polar surface area (TPSA) is 87.7 Å². The second-order valence-electron chi connectivity index (χ2n) is 2.66. The number of rotatable bonds is 2. The molecule has 1 aliphatic heterocycles. The highest BCUT2D eigenvalue weighted by Crippen LogP contribution is 2.24. The Morgan fingerprint density at radius 3 is 2.07 bits per heavy atom. The number of fused-ring (bicyclic) bond motifs is 1. The first-order valence-electron chi connectivity index (χ1n) is 3.81. The van der Waals surface area contributed by atoms with Gasteiger partial charge in [0.15, 0.2) is 0 Å². The SMILES string of the molecule is N=N[N-]N1C(=O)c2ccccc2C1=O. The third-order valence-electron chi connectivity index (χ3n) is 1.91. The van der Waals surface area contributed by atoms with Gasteiger partial charge in [0.2, 0.25) is 0 Å². The molecule has 0 aromatic heterocycles. The fourth-order valence-corrected chi connectivity index (χ4v) is 1.30. The zero-order chi connectivity index (χ0) is 10.1. The molecular weight excluding hydrogens is 184 g/mol. The molecule has 0 atom stereocenters. The molecule has 1 N–H and O–H groups in total. The van der Waals surface area contributed by atoms with Crippen LogP contribution in [0.2, 0.25) is 0 Å². The fourth-order valence-electron chi connectivity index (χ4n) is 1.30. The maximum absolute atomic E-state index is 11.5. The molecule has 6 heteroatoms. The predicted octanol–water partition coefficient (Wildman–Crippen LogP) is 1.52. The quantitative estimate of drug-likeness (QED) is 0.434. The Balaban J connectivity index is 2.48. The molecule has 1 aromatic carbocycles. The third kappa shape index (κ3) is 0.972. The van der Waals surface area contributed by atoms with E-state index in [0.29, 0.717) is 16.1 Å². The zero-order valence-corrected chi connectivity index (χ0v) is 6.97. The lowest BCUT2D eigenvalue weighted by atomic mass is 10.1. The molecule has 0 saturated carbocycles. The van der Waals surface area contributed by atoms with Crippen molar-refractivity contribution in [1.29, 1.82) is 5.53 Å². The molecule has 0 aliphatic carbocycles. The Morgan fingerprint density at radius 1 is 1.14 bits per heavy atom. The molecular formula is C8H5N4O2-. The van der Waals surface area contributed by atoms with Crippen LogP contribution in [0.15, 0.2) is 29.5 Å². The lowest BCUT2D eigenvalue weighted by Crippen LogP contribution is -2.23. The third-order valence-corrected chi connectivity index (χ3v) is 1.91. The molecule has 0 unspecified atom stereocenters. The summed E-state index contributed by atoms with van der Waals surface area (Å²) in [5.74, 6) is -1.08. The van der Waals surface area contributed by atoms with Gasteiger partial charge in [-0.05, 0) is 12.1 Å². The summed E-state index contributed by atoms with van der Waals surface area (Å²) in [6.07, 6.45) is 0. The van der Waals surface area contributed by atoms with Crippen molar-refractivity contribution in [3.05, 3.63) is 40.9 Å². The van der Waals surface area contributed by atoms with Gasteiger partial charge in [-0.25, -0.2) is 5.01 Å². The minimum Gasteiger partial charge on any atom is -0.397 e. The van der Waals surface area contributed by atoms with Crippen LogP contribution in [0.1, 0.15) is 20.7 Å². The number of amides is 2. The monoisotopic (exact) mass is 189 g/mol. The van der Waals surface area contributed by atoms with Crippen LogP contribution >= 0.6 is 0 Å². The average molecular weight is 189 g/mol. The van der Waals surface area contributed by atoms with Crippen LogP contribution in [0.3, 0.4) is 0 Å². The Bertz CT molecular complexity index is 394. The van der Waals surface area contributed by atoms with Crippen molar-refractivity contribution in [2.45, 2.75) is 0 Å². The van der Waals surface area contributed by atoms with Crippen molar-refractivity contribution in [2.24, 2.45) is 5.22 Å². The molecule has 0 saturated heterocycles. The Hall–Kier alpha value is -2.24. The van der Waals surface area contributed by atoms with Crippen LogP contribution in [0.25, 0.3) is 5.53 Å². The summed E-state index contributed by atoms with van der Waals surface area (Å²) in [5, 5.41) is 3.24. The molecule has 0 bridgehead atoms. The summed E-state index contributed by atoms with van der Waals surface area (Å²) >= 11 is 0. The van der Waals surface area contributed by atoms with E-state index in [0.717, 1.165) is 0 Å². The molecule has 6 nitrogen and oxygen atoms in total. The van der Waals surface area contributed by atoms with Crippen LogP contribution in [0.4, 0.5) is 0 Å². The molecule has 0 fully saturated rings. The highest BCUT2D eigenvalue weighted by atomic mass is 16.2. The number of nitrogens with zero attached hydrogens (tertiary/aromatic N) is 3. The van der Waals surface area contributed by atoms with E-state index >= 15 is 0 Å². The molecule has 14 heavy (non-hydrogen) atoms. The average Bonchev–Trinajstić information content (AvgIpc) is 2.45. The normalized spacial score (nSPS) is 14.1. The molecule has 1 aromatic rings. The van der Waals surface area contributed by atoms with E-state index < -0.39 is 11.8 Å². The molecule has 1 heterocycles. The minimum atomic E-state index is -0.540. The highest BCUT2D eigenvalue weighted by molar-refractivity contribution is 6.21. The second-order valence-corrected chi connectivity index (χ2v) is 2.66. The molecule has 70 valence electrons. The van der Waals surface area contributed by atoms with Crippen LogP contribution < -0.4 is 0 Å². The summed E-state index contributed by atoms with van der Waals surface area (Å²) in [7, 11) is 0. The number of carbonyl (C=O) groups is 2. The van der Waals surface area contributed by atoms with Gasteiger partial charge in [0.05, 0.1) is 11.1 Å². The number of imide groups is 1. The van der Waals surface area contributed by atoms with Crippen molar-refractivity contribution in [3.63, 3.8) is 0 Å². The molecule has 2 amide bonds. The Labute approximate surface area is 79.0 Å². The number of benzene rings is 1. The lowest BCUT2D eigenvalue weighted by Gasteiger charge is -2.15. The number of nitrogens with one attached hydrogen (secondary N) is 1. The predicted molar refractivity (Wildman–Crippen MR) is 45.4 cm³/mol. The smallest absolute Gasteiger partial charge is 0.265 e. The standard InChI is InChI=1S/C8H5N4O2/c9-10-11-12-7(13)5-3-1-2-4-6(5)8(12)14/h1-4H,(H-,9,11)/q-1. The van der Waals surface area contributed by atoms with Crippen LogP contribution in [-0.2, 0) is 0 Å². The van der Waals surface area contributed by atoms with Crippen molar-refractivity contribution in [2.75, 3.05) is 0 Å². The summed E-state index contributed by atoms with van der Waals surface area (Å²) in [4.78, 5) is 22.9. The van der Waals surface area contributed by atoms with Gasteiger partial charge in [-0.1, -0.05) is 12.1 Å². The Kier molecular flexibility index (Phi) is 1.74. The van der Waals surface area contributed by atoms with Gasteiger partial charge in [0.1, 0.15) is 0 Å². The second kappa shape index (κ2) is 2.91.